The monoisotopic (exact) mass is 251 g/mol. The van der Waals surface area contributed by atoms with Gasteiger partial charge < -0.3 is 5.73 Å². The van der Waals surface area contributed by atoms with Crippen molar-refractivity contribution in [2.45, 2.75) is 71.1 Å². The first-order valence-corrected chi connectivity index (χ1v) is 7.92. The van der Waals surface area contributed by atoms with Crippen molar-refractivity contribution in [2.75, 3.05) is 6.54 Å². The van der Waals surface area contributed by atoms with Crippen LogP contribution in [0.15, 0.2) is 0 Å². The van der Waals surface area contributed by atoms with Gasteiger partial charge in [-0.3, -0.25) is 4.79 Å². The lowest BCUT2D eigenvalue weighted by Crippen LogP contribution is -2.42. The highest BCUT2D eigenvalue weighted by atomic mass is 16.1. The van der Waals surface area contributed by atoms with E-state index in [1.165, 1.54) is 38.5 Å². The molecule has 2 heteroatoms. The first kappa shape index (κ1) is 14.0. The van der Waals surface area contributed by atoms with Gasteiger partial charge in [-0.15, -0.1) is 0 Å². The Hall–Kier alpha value is -0.370. The highest BCUT2D eigenvalue weighted by Gasteiger charge is 2.41. The van der Waals surface area contributed by atoms with Crippen LogP contribution in [-0.4, -0.2) is 12.3 Å². The van der Waals surface area contributed by atoms with Crippen molar-refractivity contribution < 1.29 is 4.79 Å². The van der Waals surface area contributed by atoms with Crippen LogP contribution in [0.5, 0.6) is 0 Å². The Morgan fingerprint density at radius 2 is 1.61 bits per heavy atom. The molecule has 0 atom stereocenters. The SMILES string of the molecule is CC1CCC(C(=O)C2(CN)CCCCCC2)CC1. The molecule has 2 saturated carbocycles. The minimum Gasteiger partial charge on any atom is -0.329 e. The lowest BCUT2D eigenvalue weighted by atomic mass is 9.68. The lowest BCUT2D eigenvalue weighted by Gasteiger charge is -2.36. The third-order valence-corrected chi connectivity index (χ3v) is 5.36. The molecule has 0 radical (unpaired) electrons. The van der Waals surface area contributed by atoms with E-state index >= 15 is 0 Å². The first-order chi connectivity index (χ1) is 8.68. The average molecular weight is 251 g/mol. The molecule has 0 aromatic heterocycles. The number of Topliss-reactive ketones (excluding diaryl/α,β-unsaturated/α-hetero) is 1. The van der Waals surface area contributed by atoms with Crippen molar-refractivity contribution in [3.8, 4) is 0 Å². The maximum absolute atomic E-state index is 12.9. The standard InChI is InChI=1S/C16H29NO/c1-13-6-8-14(9-7-13)15(18)16(12-17)10-4-2-3-5-11-16/h13-14H,2-12,17H2,1H3. The number of hydrogen-bond acceptors (Lipinski definition) is 2. The summed E-state index contributed by atoms with van der Waals surface area (Å²) in [6, 6.07) is 0. The van der Waals surface area contributed by atoms with Crippen LogP contribution < -0.4 is 5.73 Å². The fourth-order valence-electron chi connectivity index (χ4n) is 3.91. The number of hydrogen-bond donors (Lipinski definition) is 1. The van der Waals surface area contributed by atoms with Crippen LogP contribution in [0.2, 0.25) is 0 Å². The van der Waals surface area contributed by atoms with Gasteiger partial charge in [0.05, 0.1) is 0 Å². The van der Waals surface area contributed by atoms with E-state index in [9.17, 15) is 4.79 Å². The highest BCUT2D eigenvalue weighted by Crippen LogP contribution is 2.41. The van der Waals surface area contributed by atoms with Gasteiger partial charge in [0.25, 0.3) is 0 Å². The molecular weight excluding hydrogens is 222 g/mol. The van der Waals surface area contributed by atoms with Crippen LogP contribution >= 0.6 is 0 Å². The number of rotatable bonds is 3. The Morgan fingerprint density at radius 1 is 1.06 bits per heavy atom. The molecule has 2 N–H and O–H groups in total. The van der Waals surface area contributed by atoms with Gasteiger partial charge in [0.1, 0.15) is 5.78 Å². The summed E-state index contributed by atoms with van der Waals surface area (Å²) in [5, 5.41) is 0. The summed E-state index contributed by atoms with van der Waals surface area (Å²) in [5.41, 5.74) is 5.87. The zero-order chi connectivity index (χ0) is 13.0. The average Bonchev–Trinajstić information content (AvgIpc) is 2.65. The molecule has 18 heavy (non-hydrogen) atoms. The third kappa shape index (κ3) is 2.96. The molecule has 0 aromatic carbocycles. The summed E-state index contributed by atoms with van der Waals surface area (Å²) in [7, 11) is 0. The summed E-state index contributed by atoms with van der Waals surface area (Å²) >= 11 is 0. The van der Waals surface area contributed by atoms with E-state index < -0.39 is 0 Å². The second-order valence-electron chi connectivity index (χ2n) is 6.72. The van der Waals surface area contributed by atoms with Crippen molar-refractivity contribution in [2.24, 2.45) is 23.0 Å². The molecule has 2 fully saturated rings. The minimum absolute atomic E-state index is 0.151. The zero-order valence-corrected chi connectivity index (χ0v) is 11.9. The molecule has 0 saturated heterocycles. The van der Waals surface area contributed by atoms with Crippen molar-refractivity contribution in [1.29, 1.82) is 0 Å². The predicted molar refractivity (Wildman–Crippen MR) is 75.3 cm³/mol. The van der Waals surface area contributed by atoms with E-state index in [0.717, 1.165) is 31.6 Å². The normalized spacial score (nSPS) is 32.8. The molecule has 2 nitrogen and oxygen atoms in total. The first-order valence-electron chi connectivity index (χ1n) is 7.92. The van der Waals surface area contributed by atoms with Crippen LogP contribution in [0.4, 0.5) is 0 Å². The molecule has 0 bridgehead atoms. The van der Waals surface area contributed by atoms with E-state index in [4.69, 9.17) is 5.73 Å². The summed E-state index contributed by atoms with van der Waals surface area (Å²) in [5.74, 6) is 1.67. The largest absolute Gasteiger partial charge is 0.329 e. The fraction of sp³-hybridized carbons (Fsp3) is 0.938. The maximum Gasteiger partial charge on any atom is 0.143 e. The number of carbonyl (C=O) groups is 1. The third-order valence-electron chi connectivity index (χ3n) is 5.36. The topological polar surface area (TPSA) is 43.1 Å². The lowest BCUT2D eigenvalue weighted by molar-refractivity contribution is -0.134. The second-order valence-corrected chi connectivity index (χ2v) is 6.72. The van der Waals surface area contributed by atoms with Crippen molar-refractivity contribution in [3.05, 3.63) is 0 Å². The van der Waals surface area contributed by atoms with Crippen LogP contribution in [0.25, 0.3) is 0 Å². The quantitative estimate of drug-likeness (QED) is 0.777. The van der Waals surface area contributed by atoms with Crippen molar-refractivity contribution in [3.63, 3.8) is 0 Å². The summed E-state index contributed by atoms with van der Waals surface area (Å²) in [6.45, 7) is 2.89. The molecular formula is C16H29NO. The van der Waals surface area contributed by atoms with Gasteiger partial charge in [-0.1, -0.05) is 45.4 Å². The molecule has 104 valence electrons. The van der Waals surface area contributed by atoms with Crippen LogP contribution in [0, 0.1) is 17.3 Å². The van der Waals surface area contributed by atoms with E-state index in [0.29, 0.717) is 18.2 Å². The maximum atomic E-state index is 12.9. The summed E-state index contributed by atoms with van der Waals surface area (Å²) in [6.07, 6.45) is 11.8. The Morgan fingerprint density at radius 3 is 2.11 bits per heavy atom. The fourth-order valence-corrected chi connectivity index (χ4v) is 3.91. The van der Waals surface area contributed by atoms with Crippen molar-refractivity contribution in [1.82, 2.24) is 0 Å². The number of carbonyl (C=O) groups excluding carboxylic acids is 1. The molecule has 2 aliphatic carbocycles. The van der Waals surface area contributed by atoms with Gasteiger partial charge >= 0.3 is 0 Å². The van der Waals surface area contributed by atoms with Gasteiger partial charge in [0.2, 0.25) is 0 Å². The van der Waals surface area contributed by atoms with E-state index in [1.54, 1.807) is 0 Å². The van der Waals surface area contributed by atoms with Crippen LogP contribution in [0.1, 0.15) is 71.1 Å². The van der Waals surface area contributed by atoms with E-state index in [1.807, 2.05) is 0 Å². The minimum atomic E-state index is -0.151. The molecule has 0 amide bonds. The molecule has 0 aromatic rings. The molecule has 0 heterocycles. The summed E-state index contributed by atoms with van der Waals surface area (Å²) < 4.78 is 0. The molecule has 2 rings (SSSR count). The Kier molecular flexibility index (Phi) is 4.83. The summed E-state index contributed by atoms with van der Waals surface area (Å²) in [4.78, 5) is 12.9. The number of ketones is 1. The Bertz CT molecular complexity index is 271. The molecule has 0 aliphatic heterocycles. The predicted octanol–water partition coefficient (Wildman–Crippen LogP) is 3.68. The second kappa shape index (κ2) is 6.18. The van der Waals surface area contributed by atoms with Gasteiger partial charge in [0.15, 0.2) is 0 Å². The van der Waals surface area contributed by atoms with Gasteiger partial charge in [0, 0.05) is 17.9 Å². The smallest absolute Gasteiger partial charge is 0.143 e. The van der Waals surface area contributed by atoms with Gasteiger partial charge in [-0.2, -0.15) is 0 Å². The van der Waals surface area contributed by atoms with E-state index in [2.05, 4.69) is 6.92 Å². The Balaban J connectivity index is 2.04. The molecule has 0 spiro atoms. The Labute approximate surface area is 112 Å². The van der Waals surface area contributed by atoms with Crippen molar-refractivity contribution >= 4 is 5.78 Å². The zero-order valence-electron chi connectivity index (χ0n) is 11.9. The molecule has 0 unspecified atom stereocenters. The van der Waals surface area contributed by atoms with Crippen LogP contribution in [0.3, 0.4) is 0 Å². The van der Waals surface area contributed by atoms with Gasteiger partial charge in [-0.05, 0) is 31.6 Å². The van der Waals surface area contributed by atoms with E-state index in [-0.39, 0.29) is 5.41 Å². The molecule has 2 aliphatic rings. The number of nitrogens with two attached hydrogens (primary N) is 1. The van der Waals surface area contributed by atoms with Crippen LogP contribution in [-0.2, 0) is 4.79 Å². The highest BCUT2D eigenvalue weighted by molar-refractivity contribution is 5.87. The van der Waals surface area contributed by atoms with Gasteiger partial charge in [-0.25, -0.2) is 0 Å².